The van der Waals surface area contributed by atoms with Crippen LogP contribution in [0.15, 0.2) is 47.6 Å². The number of esters is 1. The first-order valence-corrected chi connectivity index (χ1v) is 5.74. The average molecular weight is 278 g/mol. The molecule has 0 fully saturated rings. The molecule has 0 atom stereocenters. The van der Waals surface area contributed by atoms with Crippen molar-refractivity contribution in [1.82, 2.24) is 0 Å². The quantitative estimate of drug-likeness (QED) is 0.188. The zero-order chi connectivity index (χ0) is 14.8. The summed E-state index contributed by atoms with van der Waals surface area (Å²) in [5, 5.41) is 14.3. The number of ether oxygens (including phenoxy) is 1. The first-order valence-electron chi connectivity index (χ1n) is 5.74. The van der Waals surface area contributed by atoms with Crippen LogP contribution in [0.2, 0.25) is 0 Å². The number of hydrogen-bond acceptors (Lipinski definition) is 6. The SMILES string of the molecule is COC(=O)/C=C/CO/N=C(\C[N+](=O)[O-])c1ccccc1. The maximum Gasteiger partial charge on any atom is 0.330 e. The number of nitro groups is 1. The number of oxime groups is 1. The van der Waals surface area contributed by atoms with Gasteiger partial charge in [-0.15, -0.1) is 0 Å². The topological polar surface area (TPSA) is 91.0 Å². The lowest BCUT2D eigenvalue weighted by Gasteiger charge is -2.02. The number of benzene rings is 1. The fourth-order valence-electron chi connectivity index (χ4n) is 1.30. The second-order valence-corrected chi connectivity index (χ2v) is 3.62. The van der Waals surface area contributed by atoms with Crippen LogP contribution in [-0.4, -0.2) is 36.9 Å². The molecule has 0 aromatic heterocycles. The summed E-state index contributed by atoms with van der Waals surface area (Å²) in [4.78, 5) is 25.8. The summed E-state index contributed by atoms with van der Waals surface area (Å²) >= 11 is 0. The second-order valence-electron chi connectivity index (χ2n) is 3.62. The molecule has 0 aliphatic carbocycles. The number of carbonyl (C=O) groups is 1. The van der Waals surface area contributed by atoms with Crippen molar-refractivity contribution in [1.29, 1.82) is 0 Å². The van der Waals surface area contributed by atoms with E-state index in [0.29, 0.717) is 5.56 Å². The molecule has 0 saturated carbocycles. The third kappa shape index (κ3) is 5.76. The van der Waals surface area contributed by atoms with Crippen LogP contribution < -0.4 is 0 Å². The highest BCUT2D eigenvalue weighted by Gasteiger charge is 2.10. The Labute approximate surface area is 115 Å². The minimum Gasteiger partial charge on any atom is -0.466 e. The van der Waals surface area contributed by atoms with Crippen LogP contribution in [0.4, 0.5) is 0 Å². The third-order valence-corrected chi connectivity index (χ3v) is 2.19. The highest BCUT2D eigenvalue weighted by molar-refractivity contribution is 6.01. The van der Waals surface area contributed by atoms with Gasteiger partial charge in [-0.1, -0.05) is 35.5 Å². The third-order valence-electron chi connectivity index (χ3n) is 2.19. The Hall–Kier alpha value is -2.70. The predicted molar refractivity (Wildman–Crippen MR) is 71.9 cm³/mol. The maximum absolute atomic E-state index is 10.8. The van der Waals surface area contributed by atoms with E-state index in [-0.39, 0.29) is 12.3 Å². The molecule has 0 saturated heterocycles. The number of carbonyl (C=O) groups excluding carboxylic acids is 1. The number of hydrogen-bond donors (Lipinski definition) is 0. The van der Waals surface area contributed by atoms with E-state index in [2.05, 4.69) is 9.89 Å². The Bertz CT molecular complexity index is 511. The van der Waals surface area contributed by atoms with E-state index in [1.807, 2.05) is 0 Å². The molecule has 0 unspecified atom stereocenters. The zero-order valence-electron chi connectivity index (χ0n) is 10.9. The van der Waals surface area contributed by atoms with E-state index >= 15 is 0 Å². The van der Waals surface area contributed by atoms with E-state index in [9.17, 15) is 14.9 Å². The first-order chi connectivity index (χ1) is 9.63. The number of nitrogens with zero attached hydrogens (tertiary/aromatic N) is 2. The fraction of sp³-hybridized carbons (Fsp3) is 0.231. The molecule has 0 spiro atoms. The molecule has 0 N–H and O–H groups in total. The molecule has 0 bridgehead atoms. The molecule has 0 aliphatic heterocycles. The van der Waals surface area contributed by atoms with E-state index in [1.165, 1.54) is 19.3 Å². The number of rotatable bonds is 7. The van der Waals surface area contributed by atoms with Gasteiger partial charge in [0, 0.05) is 16.6 Å². The minimum absolute atomic E-state index is 0.0170. The molecule has 1 aromatic rings. The molecule has 0 aliphatic rings. The van der Waals surface area contributed by atoms with Crippen molar-refractivity contribution in [3.05, 3.63) is 58.2 Å². The van der Waals surface area contributed by atoms with E-state index in [1.54, 1.807) is 30.3 Å². The van der Waals surface area contributed by atoms with Crippen molar-refractivity contribution < 1.29 is 19.3 Å². The van der Waals surface area contributed by atoms with Crippen LogP contribution in [0.5, 0.6) is 0 Å². The molecule has 20 heavy (non-hydrogen) atoms. The fourth-order valence-corrected chi connectivity index (χ4v) is 1.30. The number of methoxy groups -OCH3 is 1. The monoisotopic (exact) mass is 278 g/mol. The smallest absolute Gasteiger partial charge is 0.330 e. The summed E-state index contributed by atoms with van der Waals surface area (Å²) in [5.41, 5.74) is 0.822. The summed E-state index contributed by atoms with van der Waals surface area (Å²) in [7, 11) is 1.26. The van der Waals surface area contributed by atoms with Crippen LogP contribution in [0.3, 0.4) is 0 Å². The molecule has 7 nitrogen and oxygen atoms in total. The minimum atomic E-state index is -0.508. The van der Waals surface area contributed by atoms with Gasteiger partial charge in [-0.3, -0.25) is 10.1 Å². The van der Waals surface area contributed by atoms with Gasteiger partial charge in [0.25, 0.3) is 0 Å². The summed E-state index contributed by atoms with van der Waals surface area (Å²) in [6.07, 6.45) is 2.59. The largest absolute Gasteiger partial charge is 0.466 e. The van der Waals surface area contributed by atoms with Gasteiger partial charge < -0.3 is 9.57 Å². The Kier molecular flexibility index (Phi) is 6.46. The Balaban J connectivity index is 2.65. The lowest BCUT2D eigenvalue weighted by atomic mass is 10.1. The molecule has 106 valence electrons. The predicted octanol–water partition coefficient (Wildman–Crippen LogP) is 1.41. The summed E-state index contributed by atoms with van der Waals surface area (Å²) in [5.74, 6) is -0.508. The van der Waals surface area contributed by atoms with Crippen molar-refractivity contribution in [2.45, 2.75) is 0 Å². The van der Waals surface area contributed by atoms with E-state index in [4.69, 9.17) is 4.84 Å². The van der Waals surface area contributed by atoms with Crippen LogP contribution in [-0.2, 0) is 14.4 Å². The maximum atomic E-state index is 10.8. The van der Waals surface area contributed by atoms with Gasteiger partial charge in [0.2, 0.25) is 6.54 Å². The molecular formula is C13H14N2O5. The van der Waals surface area contributed by atoms with Crippen LogP contribution in [0.1, 0.15) is 5.56 Å². The van der Waals surface area contributed by atoms with Crippen LogP contribution in [0.25, 0.3) is 0 Å². The molecule has 1 rings (SSSR count). The lowest BCUT2D eigenvalue weighted by molar-refractivity contribution is -0.463. The average Bonchev–Trinajstić information content (AvgIpc) is 2.46. The highest BCUT2D eigenvalue weighted by Crippen LogP contribution is 2.02. The van der Waals surface area contributed by atoms with Crippen LogP contribution in [0, 0.1) is 10.1 Å². The normalized spacial score (nSPS) is 11.3. The van der Waals surface area contributed by atoms with Gasteiger partial charge in [0.1, 0.15) is 6.61 Å². The Morgan fingerprint density at radius 3 is 2.70 bits per heavy atom. The summed E-state index contributed by atoms with van der Waals surface area (Å²) in [6, 6.07) is 8.71. The van der Waals surface area contributed by atoms with Crippen molar-refractivity contribution in [3.63, 3.8) is 0 Å². The highest BCUT2D eigenvalue weighted by atomic mass is 16.6. The second kappa shape index (κ2) is 8.41. The van der Waals surface area contributed by atoms with Gasteiger partial charge in [0.15, 0.2) is 5.71 Å². The standard InChI is InChI=1S/C13H14N2O5/c1-19-13(16)8-5-9-20-14-12(10-15(17)18)11-6-3-2-4-7-11/h2-8H,9-10H2,1H3/b8-5+,14-12+. The lowest BCUT2D eigenvalue weighted by Crippen LogP contribution is -2.15. The van der Waals surface area contributed by atoms with Crippen molar-refractivity contribution in [2.24, 2.45) is 5.16 Å². The van der Waals surface area contributed by atoms with Crippen molar-refractivity contribution in [3.8, 4) is 0 Å². The zero-order valence-corrected chi connectivity index (χ0v) is 10.9. The summed E-state index contributed by atoms with van der Waals surface area (Å²) < 4.78 is 4.39. The molecule has 0 amide bonds. The Morgan fingerprint density at radius 1 is 1.40 bits per heavy atom. The van der Waals surface area contributed by atoms with Gasteiger partial charge in [-0.2, -0.15) is 0 Å². The molecular weight excluding hydrogens is 264 g/mol. The molecule has 0 heterocycles. The van der Waals surface area contributed by atoms with E-state index < -0.39 is 17.4 Å². The first kappa shape index (κ1) is 15.4. The molecule has 7 heteroatoms. The van der Waals surface area contributed by atoms with E-state index in [0.717, 1.165) is 0 Å². The van der Waals surface area contributed by atoms with Crippen molar-refractivity contribution in [2.75, 3.05) is 20.3 Å². The Morgan fingerprint density at radius 2 is 2.10 bits per heavy atom. The van der Waals surface area contributed by atoms with Gasteiger partial charge in [-0.25, -0.2) is 4.79 Å². The summed E-state index contributed by atoms with van der Waals surface area (Å²) in [6.45, 7) is -0.423. The van der Waals surface area contributed by atoms with Crippen molar-refractivity contribution >= 4 is 11.7 Å². The molecule has 1 aromatic carbocycles. The van der Waals surface area contributed by atoms with Gasteiger partial charge >= 0.3 is 5.97 Å². The van der Waals surface area contributed by atoms with Gasteiger partial charge in [0.05, 0.1) is 7.11 Å². The molecule has 0 radical (unpaired) electrons. The van der Waals surface area contributed by atoms with Crippen LogP contribution >= 0.6 is 0 Å². The van der Waals surface area contributed by atoms with Gasteiger partial charge in [-0.05, 0) is 6.08 Å².